The van der Waals surface area contributed by atoms with Crippen LogP contribution in [0.4, 0.5) is 18.9 Å². The molecule has 0 heterocycles. The second-order valence-electron chi connectivity index (χ2n) is 2.46. The number of nitrogens with one attached hydrogen (secondary N) is 3. The Labute approximate surface area is 126 Å². The van der Waals surface area contributed by atoms with E-state index in [0.717, 1.165) is 0 Å². The van der Waals surface area contributed by atoms with Crippen LogP contribution in [-0.4, -0.2) is 12.1 Å². The van der Waals surface area contributed by atoms with Gasteiger partial charge < -0.3 is 17.0 Å². The minimum Gasteiger partial charge on any atom is -0.699 e. The zero-order valence-electron chi connectivity index (χ0n) is 8.31. The maximum atomic E-state index is 10.9. The van der Waals surface area contributed by atoms with Crippen LogP contribution in [0.2, 0.25) is 5.02 Å². The number of hydrogen-bond donors (Lipinski definition) is 1. The first-order valence-electron chi connectivity index (χ1n) is 3.78. The average molecular weight is 343 g/mol. The molecule has 1 radical (unpaired) electrons. The molecule has 0 fully saturated rings. The number of amides is 1. The van der Waals surface area contributed by atoms with Crippen molar-refractivity contribution in [1.29, 1.82) is 0 Å². The van der Waals surface area contributed by atoms with Crippen molar-refractivity contribution in [2.24, 2.45) is 0 Å². The summed E-state index contributed by atoms with van der Waals surface area (Å²) in [6.45, 7) is 0. The van der Waals surface area contributed by atoms with Gasteiger partial charge >= 0.3 is 12.1 Å². The fraction of sp³-hybridized carbons (Fsp3) is 0.125. The van der Waals surface area contributed by atoms with Crippen LogP contribution in [-0.2, 0) is 37.5 Å². The molecule has 4 nitrogen and oxygen atoms in total. The van der Waals surface area contributed by atoms with E-state index in [9.17, 15) is 18.0 Å². The molecule has 1 aromatic rings. The van der Waals surface area contributed by atoms with Gasteiger partial charge in [0.2, 0.25) is 0 Å². The molecular weight excluding hydrogens is 335 g/mol. The minimum absolute atomic E-state index is 0. The number of hydrogen-bond acceptors (Lipinski definition) is 1. The summed E-state index contributed by atoms with van der Waals surface area (Å²) in [6, 6.07) is 6.71. The number of benzene rings is 1. The van der Waals surface area contributed by atoms with Gasteiger partial charge in [0.15, 0.2) is 0 Å². The van der Waals surface area contributed by atoms with Crippen molar-refractivity contribution in [2.45, 2.75) is 6.18 Å². The van der Waals surface area contributed by atoms with E-state index in [1.165, 1.54) is 0 Å². The van der Waals surface area contributed by atoms with E-state index in [1.54, 1.807) is 24.3 Å². The van der Waals surface area contributed by atoms with Gasteiger partial charge in [0.05, 0.1) is 0 Å². The van der Waals surface area contributed by atoms with Gasteiger partial charge in [-0.2, -0.15) is 13.2 Å². The largest absolute Gasteiger partial charge is 0.699 e. The second-order valence-corrected chi connectivity index (χ2v) is 2.90. The van der Waals surface area contributed by atoms with E-state index in [0.29, 0.717) is 16.1 Å². The third-order valence-electron chi connectivity index (χ3n) is 1.22. The van der Waals surface area contributed by atoms with Crippen LogP contribution in [0.3, 0.4) is 0 Å². The zero-order valence-corrected chi connectivity index (χ0v) is 11.9. The molecule has 0 unspecified atom stereocenters. The summed E-state index contributed by atoms with van der Waals surface area (Å²) in [7, 11) is 0. The Morgan fingerprint density at radius 3 is 1.82 bits per heavy atom. The van der Waals surface area contributed by atoms with Gasteiger partial charge in [0, 0.05) is 37.7 Å². The summed E-state index contributed by atoms with van der Waals surface area (Å²) in [4.78, 5) is 9.41. The molecule has 0 aromatic heterocycles. The van der Waals surface area contributed by atoms with E-state index in [-0.39, 0.29) is 32.7 Å². The number of rotatable bonds is 0. The van der Waals surface area contributed by atoms with E-state index >= 15 is 0 Å². The van der Waals surface area contributed by atoms with Crippen molar-refractivity contribution in [2.75, 3.05) is 0 Å². The van der Waals surface area contributed by atoms with E-state index in [1.807, 2.05) is 0 Å². The molecule has 0 aliphatic heterocycles. The van der Waals surface area contributed by atoms with Crippen LogP contribution in [0.5, 0.6) is 0 Å². The Morgan fingerprint density at radius 2 is 1.65 bits per heavy atom. The van der Waals surface area contributed by atoms with Crippen molar-refractivity contribution in [3.05, 3.63) is 40.9 Å². The molecule has 0 spiro atoms. The number of carbonyl (C=O) groups excluding carboxylic acids is 1. The molecule has 0 bridgehead atoms. The summed E-state index contributed by atoms with van der Waals surface area (Å²) >= 11 is 5.53. The van der Waals surface area contributed by atoms with Crippen molar-refractivity contribution >= 4 is 23.2 Å². The van der Waals surface area contributed by atoms with Crippen molar-refractivity contribution in [3.63, 3.8) is 0 Å². The molecule has 1 aromatic carbocycles. The van der Waals surface area contributed by atoms with Crippen LogP contribution in [0.25, 0.3) is 11.6 Å². The van der Waals surface area contributed by atoms with Gasteiger partial charge in [0.1, 0.15) is 0 Å². The maximum absolute atomic E-state index is 10.9. The standard InChI is InChI=1S/C6H5ClN.C2H2F3N2O.Y/c7-5-1-3-6(8)4-2-5;3-2(4,5)1(8)7-6;/h1-4,8H;6H,(H,7,8);/q2*-1;. The Kier molecular flexibility index (Phi) is 9.70. The van der Waals surface area contributed by atoms with Crippen LogP contribution >= 0.6 is 11.6 Å². The first-order valence-corrected chi connectivity index (χ1v) is 4.16. The van der Waals surface area contributed by atoms with Crippen LogP contribution in [0, 0.1) is 0 Å². The SMILES string of the molecule is [NH-]NC(=O)C(F)(F)F.[NH-]c1ccc(Cl)cc1.[Y]. The third kappa shape index (κ3) is 9.35. The summed E-state index contributed by atoms with van der Waals surface area (Å²) in [5.74, 6) is 3.49. The smallest absolute Gasteiger partial charge is 0.469 e. The number of alkyl halides is 3. The van der Waals surface area contributed by atoms with E-state index in [4.69, 9.17) is 23.2 Å². The van der Waals surface area contributed by atoms with Gasteiger partial charge in [0.25, 0.3) is 0 Å². The predicted octanol–water partition coefficient (Wildman–Crippen LogP) is 3.65. The summed E-state index contributed by atoms with van der Waals surface area (Å²) in [5, 5.41) is 0.681. The van der Waals surface area contributed by atoms with Gasteiger partial charge in [-0.3, -0.25) is 4.79 Å². The average Bonchev–Trinajstić information content (AvgIpc) is 2.21. The third-order valence-corrected chi connectivity index (χ3v) is 1.47. The number of carbonyl (C=O) groups is 1. The van der Waals surface area contributed by atoms with Crippen molar-refractivity contribution in [3.8, 4) is 0 Å². The minimum atomic E-state index is -4.93. The molecule has 17 heavy (non-hydrogen) atoms. The molecule has 3 N–H and O–H groups in total. The molecule has 93 valence electrons. The van der Waals surface area contributed by atoms with Crippen molar-refractivity contribution in [1.82, 2.24) is 5.43 Å². The summed E-state index contributed by atoms with van der Waals surface area (Å²) in [6.07, 6.45) is -4.93. The fourth-order valence-electron chi connectivity index (χ4n) is 0.521. The van der Waals surface area contributed by atoms with E-state index in [2.05, 4.69) is 0 Å². The molecule has 0 aliphatic carbocycles. The number of halogens is 4. The summed E-state index contributed by atoms with van der Waals surface area (Å²) < 4.78 is 32.8. The molecule has 0 atom stereocenters. The first kappa shape index (κ1) is 19.0. The molecular formula is C8H7ClF3N3OY-2. The Hall–Kier alpha value is -0.366. The van der Waals surface area contributed by atoms with Crippen molar-refractivity contribution < 1.29 is 50.7 Å². The van der Waals surface area contributed by atoms with E-state index < -0.39 is 12.1 Å². The quantitative estimate of drug-likeness (QED) is 0.718. The molecule has 0 aliphatic rings. The maximum Gasteiger partial charge on any atom is 0.469 e. The van der Waals surface area contributed by atoms with Crippen LogP contribution < -0.4 is 5.43 Å². The van der Waals surface area contributed by atoms with Crippen LogP contribution in [0.15, 0.2) is 24.3 Å². The first-order chi connectivity index (χ1) is 7.27. The Morgan fingerprint density at radius 1 is 1.24 bits per heavy atom. The van der Waals surface area contributed by atoms with Crippen LogP contribution in [0.1, 0.15) is 0 Å². The molecule has 1 amide bonds. The molecule has 0 saturated heterocycles. The Balaban J connectivity index is 0. The fourth-order valence-corrected chi connectivity index (χ4v) is 0.647. The predicted molar refractivity (Wildman–Crippen MR) is 54.0 cm³/mol. The second kappa shape index (κ2) is 8.69. The zero-order chi connectivity index (χ0) is 12.8. The molecule has 1 rings (SSSR count). The monoisotopic (exact) mass is 342 g/mol. The van der Waals surface area contributed by atoms with Gasteiger partial charge in [-0.1, -0.05) is 23.7 Å². The topological polar surface area (TPSA) is 76.7 Å². The molecule has 0 saturated carbocycles. The van der Waals surface area contributed by atoms with Gasteiger partial charge in [-0.05, 0) is 12.1 Å². The Bertz CT molecular complexity index is 324. The normalized spacial score (nSPS) is 9.47. The summed E-state index contributed by atoms with van der Waals surface area (Å²) in [5.41, 5.74) is 8.22. The van der Waals surface area contributed by atoms with Gasteiger partial charge in [-0.25, -0.2) is 0 Å². The molecule has 9 heteroatoms. The van der Waals surface area contributed by atoms with Gasteiger partial charge in [-0.15, -0.1) is 5.69 Å².